The third-order valence-electron chi connectivity index (χ3n) is 5.82. The molecule has 1 fully saturated rings. The van der Waals surface area contributed by atoms with Gasteiger partial charge in [-0.1, -0.05) is 24.3 Å². The summed E-state index contributed by atoms with van der Waals surface area (Å²) >= 11 is 0. The van der Waals surface area contributed by atoms with E-state index in [1.54, 1.807) is 12.1 Å². The number of amides is 1. The molecule has 2 aliphatic rings. The van der Waals surface area contributed by atoms with Gasteiger partial charge in [-0.05, 0) is 44.2 Å². The summed E-state index contributed by atoms with van der Waals surface area (Å²) < 4.78 is 1.49. The molecule has 1 aromatic carbocycles. The van der Waals surface area contributed by atoms with Crippen molar-refractivity contribution in [3.8, 4) is 0 Å². The number of allylic oxidation sites excluding steroid dienone is 2. The van der Waals surface area contributed by atoms with Gasteiger partial charge in [0.25, 0.3) is 5.56 Å². The van der Waals surface area contributed by atoms with Gasteiger partial charge in [-0.3, -0.25) is 14.2 Å². The minimum Gasteiger partial charge on any atom is -0.388 e. The van der Waals surface area contributed by atoms with Crippen molar-refractivity contribution in [1.82, 2.24) is 14.5 Å². The number of aromatic nitrogens is 2. The van der Waals surface area contributed by atoms with Crippen LogP contribution in [0.3, 0.4) is 0 Å². The Morgan fingerprint density at radius 2 is 2.00 bits per heavy atom. The Morgan fingerprint density at radius 3 is 2.74 bits per heavy atom. The van der Waals surface area contributed by atoms with Crippen LogP contribution >= 0.6 is 0 Å². The van der Waals surface area contributed by atoms with Crippen LogP contribution in [0.5, 0.6) is 0 Å². The summed E-state index contributed by atoms with van der Waals surface area (Å²) in [5, 5.41) is 11.6. The van der Waals surface area contributed by atoms with Gasteiger partial charge in [-0.2, -0.15) is 0 Å². The van der Waals surface area contributed by atoms with Crippen molar-refractivity contribution >= 4 is 16.8 Å². The molecular weight excluding hydrogens is 342 g/mol. The Balaban J connectivity index is 1.44. The predicted molar refractivity (Wildman–Crippen MR) is 103 cm³/mol. The highest BCUT2D eigenvalue weighted by molar-refractivity contribution is 5.79. The van der Waals surface area contributed by atoms with Crippen LogP contribution in [0.25, 0.3) is 10.9 Å². The fourth-order valence-electron chi connectivity index (χ4n) is 4.11. The summed E-state index contributed by atoms with van der Waals surface area (Å²) in [7, 11) is 0. The lowest BCUT2D eigenvalue weighted by Crippen LogP contribution is -2.51. The van der Waals surface area contributed by atoms with Crippen LogP contribution in [-0.4, -0.2) is 44.2 Å². The number of likely N-dealkylation sites (tertiary alicyclic amines) is 1. The molecule has 0 radical (unpaired) electrons. The van der Waals surface area contributed by atoms with E-state index in [1.807, 2.05) is 17.0 Å². The molecule has 142 valence electrons. The van der Waals surface area contributed by atoms with Gasteiger partial charge in [0.05, 0.1) is 29.4 Å². The maximum Gasteiger partial charge on any atom is 0.261 e. The fourth-order valence-corrected chi connectivity index (χ4v) is 4.11. The second-order valence-corrected chi connectivity index (χ2v) is 7.73. The molecule has 6 nitrogen and oxygen atoms in total. The molecule has 1 amide bonds. The van der Waals surface area contributed by atoms with Gasteiger partial charge < -0.3 is 10.0 Å². The third-order valence-corrected chi connectivity index (χ3v) is 5.82. The largest absolute Gasteiger partial charge is 0.388 e. The normalized spacial score (nSPS) is 22.1. The van der Waals surface area contributed by atoms with E-state index >= 15 is 0 Å². The standard InChI is InChI=1S/C21H25N3O3/c25-19(16-6-2-1-3-7-16)23-12-10-21(27,11-13-23)14-24-15-22-18-9-5-4-8-17(18)20(24)26/h1-2,4-5,8-9,15-16,27H,3,6-7,10-14H2. The molecule has 27 heavy (non-hydrogen) atoms. The zero-order chi connectivity index (χ0) is 18.9. The zero-order valence-electron chi connectivity index (χ0n) is 15.4. The summed E-state index contributed by atoms with van der Waals surface area (Å²) in [4.78, 5) is 31.5. The molecule has 1 aliphatic heterocycles. The molecule has 6 heteroatoms. The maximum absolute atomic E-state index is 12.7. The second-order valence-electron chi connectivity index (χ2n) is 7.73. The van der Waals surface area contributed by atoms with Crippen molar-refractivity contribution in [3.05, 3.63) is 53.1 Å². The molecule has 1 saturated heterocycles. The number of hydrogen-bond acceptors (Lipinski definition) is 4. The predicted octanol–water partition coefficient (Wildman–Crippen LogP) is 2.11. The fraction of sp³-hybridized carbons (Fsp3) is 0.476. The van der Waals surface area contributed by atoms with E-state index in [4.69, 9.17) is 0 Å². The van der Waals surface area contributed by atoms with Gasteiger partial charge in [-0.15, -0.1) is 0 Å². The molecule has 4 rings (SSSR count). The van der Waals surface area contributed by atoms with E-state index in [0.717, 1.165) is 19.3 Å². The van der Waals surface area contributed by atoms with Crippen LogP contribution in [0.15, 0.2) is 47.5 Å². The van der Waals surface area contributed by atoms with E-state index < -0.39 is 5.60 Å². The molecule has 1 aliphatic carbocycles. The van der Waals surface area contributed by atoms with Crippen LogP contribution in [0.2, 0.25) is 0 Å². The van der Waals surface area contributed by atoms with Crippen molar-refractivity contribution in [2.75, 3.05) is 13.1 Å². The second kappa shape index (κ2) is 7.27. The highest BCUT2D eigenvalue weighted by Crippen LogP contribution is 2.27. The van der Waals surface area contributed by atoms with Crippen molar-refractivity contribution in [2.24, 2.45) is 5.92 Å². The van der Waals surface area contributed by atoms with Crippen molar-refractivity contribution < 1.29 is 9.90 Å². The van der Waals surface area contributed by atoms with Gasteiger partial charge in [0.1, 0.15) is 0 Å². The number of piperidine rings is 1. The molecule has 1 unspecified atom stereocenters. The smallest absolute Gasteiger partial charge is 0.261 e. The molecule has 0 spiro atoms. The summed E-state index contributed by atoms with van der Waals surface area (Å²) in [6.07, 6.45) is 9.37. The molecular formula is C21H25N3O3. The van der Waals surface area contributed by atoms with Crippen LogP contribution in [0.1, 0.15) is 32.1 Å². The topological polar surface area (TPSA) is 75.4 Å². The van der Waals surface area contributed by atoms with E-state index in [9.17, 15) is 14.7 Å². The number of carbonyl (C=O) groups excluding carboxylic acids is 1. The number of carbonyl (C=O) groups is 1. The van der Waals surface area contributed by atoms with Gasteiger partial charge in [0.2, 0.25) is 5.91 Å². The van der Waals surface area contributed by atoms with Crippen LogP contribution in [0, 0.1) is 5.92 Å². The third kappa shape index (κ3) is 3.67. The number of para-hydroxylation sites is 1. The van der Waals surface area contributed by atoms with Gasteiger partial charge in [0, 0.05) is 19.0 Å². The quantitative estimate of drug-likeness (QED) is 0.843. The van der Waals surface area contributed by atoms with Crippen LogP contribution in [0.4, 0.5) is 0 Å². The first-order valence-electron chi connectivity index (χ1n) is 9.66. The number of nitrogens with zero attached hydrogens (tertiary/aromatic N) is 3. The highest BCUT2D eigenvalue weighted by atomic mass is 16.3. The zero-order valence-corrected chi connectivity index (χ0v) is 15.4. The molecule has 1 aromatic heterocycles. The lowest BCUT2D eigenvalue weighted by Gasteiger charge is -2.39. The van der Waals surface area contributed by atoms with E-state index in [1.165, 1.54) is 10.9 Å². The first-order chi connectivity index (χ1) is 13.1. The molecule has 2 aromatic rings. The van der Waals surface area contributed by atoms with E-state index in [2.05, 4.69) is 17.1 Å². The monoisotopic (exact) mass is 367 g/mol. The Kier molecular flexibility index (Phi) is 4.83. The molecule has 2 heterocycles. The number of aliphatic hydroxyl groups is 1. The average Bonchev–Trinajstić information content (AvgIpc) is 2.71. The van der Waals surface area contributed by atoms with Gasteiger partial charge in [0.15, 0.2) is 0 Å². The number of rotatable bonds is 3. The minimum atomic E-state index is -0.989. The summed E-state index contributed by atoms with van der Waals surface area (Å²) in [5.41, 5.74) is -0.466. The summed E-state index contributed by atoms with van der Waals surface area (Å²) in [5.74, 6) is 0.277. The number of fused-ring (bicyclic) bond motifs is 1. The Labute approximate surface area is 158 Å². The minimum absolute atomic E-state index is 0.0773. The van der Waals surface area contributed by atoms with Crippen LogP contribution in [-0.2, 0) is 11.3 Å². The van der Waals surface area contributed by atoms with Gasteiger partial charge in [-0.25, -0.2) is 4.98 Å². The van der Waals surface area contributed by atoms with Crippen LogP contribution < -0.4 is 5.56 Å². The van der Waals surface area contributed by atoms with E-state index in [0.29, 0.717) is 36.8 Å². The lowest BCUT2D eigenvalue weighted by atomic mass is 9.88. The first kappa shape index (κ1) is 17.9. The maximum atomic E-state index is 12.7. The molecule has 1 N–H and O–H groups in total. The Bertz CT molecular complexity index is 926. The Morgan fingerprint density at radius 1 is 1.22 bits per heavy atom. The summed E-state index contributed by atoms with van der Waals surface area (Å²) in [6, 6.07) is 7.22. The van der Waals surface area contributed by atoms with Crippen molar-refractivity contribution in [1.29, 1.82) is 0 Å². The molecule has 0 bridgehead atoms. The highest BCUT2D eigenvalue weighted by Gasteiger charge is 2.36. The van der Waals surface area contributed by atoms with E-state index in [-0.39, 0.29) is 23.9 Å². The van der Waals surface area contributed by atoms with Crippen molar-refractivity contribution in [2.45, 2.75) is 44.2 Å². The average molecular weight is 367 g/mol. The number of hydrogen-bond donors (Lipinski definition) is 1. The Hall–Kier alpha value is -2.47. The first-order valence-corrected chi connectivity index (χ1v) is 9.66. The number of benzene rings is 1. The van der Waals surface area contributed by atoms with Gasteiger partial charge >= 0.3 is 0 Å². The lowest BCUT2D eigenvalue weighted by molar-refractivity contribution is -0.140. The summed E-state index contributed by atoms with van der Waals surface area (Å²) in [6.45, 7) is 1.27. The molecule has 0 saturated carbocycles. The molecule has 1 atom stereocenters. The SMILES string of the molecule is O=C(C1CC=CCC1)N1CCC(O)(Cn2cnc3ccccc3c2=O)CC1. The van der Waals surface area contributed by atoms with Crippen molar-refractivity contribution in [3.63, 3.8) is 0 Å².